The lowest BCUT2D eigenvalue weighted by Crippen LogP contribution is -2.64. The van der Waals surface area contributed by atoms with Crippen LogP contribution in [0.3, 0.4) is 0 Å². The molecule has 1 spiro atoms. The number of allylic oxidation sites excluding steroid dienone is 3. The molecular formula is C23H33NO5. The monoisotopic (exact) mass is 403 g/mol. The lowest BCUT2D eigenvalue weighted by atomic mass is 9.48. The van der Waals surface area contributed by atoms with Crippen LogP contribution >= 0.6 is 0 Å². The normalized spacial score (nSPS) is 41.2. The van der Waals surface area contributed by atoms with Crippen LogP contribution in [0.1, 0.15) is 33.1 Å². The maximum absolute atomic E-state index is 12.6. The summed E-state index contributed by atoms with van der Waals surface area (Å²) in [7, 11) is 3.91. The van der Waals surface area contributed by atoms with Crippen molar-refractivity contribution >= 4 is 5.78 Å². The van der Waals surface area contributed by atoms with E-state index in [2.05, 4.69) is 24.1 Å². The Hall–Kier alpha value is -1.63. The summed E-state index contributed by atoms with van der Waals surface area (Å²) >= 11 is 0. The van der Waals surface area contributed by atoms with Crippen molar-refractivity contribution in [3.05, 3.63) is 35.8 Å². The fourth-order valence-electron chi connectivity index (χ4n) is 6.33. The lowest BCUT2D eigenvalue weighted by molar-refractivity contribution is -0.140. The van der Waals surface area contributed by atoms with Crippen molar-refractivity contribution in [2.24, 2.45) is 23.2 Å². The van der Waals surface area contributed by atoms with Gasteiger partial charge in [-0.1, -0.05) is 12.2 Å². The molecule has 29 heavy (non-hydrogen) atoms. The van der Waals surface area contributed by atoms with Crippen molar-refractivity contribution in [3.63, 3.8) is 0 Å². The van der Waals surface area contributed by atoms with E-state index in [4.69, 9.17) is 19.7 Å². The number of carbonyl (C=O) groups excluding carboxylic acids is 1. The summed E-state index contributed by atoms with van der Waals surface area (Å²) in [6.07, 6.45) is 9.83. The van der Waals surface area contributed by atoms with Crippen molar-refractivity contribution < 1.29 is 24.5 Å². The third kappa shape index (κ3) is 3.16. The zero-order chi connectivity index (χ0) is 20.9. The van der Waals surface area contributed by atoms with Gasteiger partial charge < -0.3 is 24.6 Å². The predicted octanol–water partition coefficient (Wildman–Crippen LogP) is 2.03. The van der Waals surface area contributed by atoms with Crippen LogP contribution in [-0.4, -0.2) is 66.0 Å². The van der Waals surface area contributed by atoms with Crippen LogP contribution in [0, 0.1) is 23.2 Å². The summed E-state index contributed by atoms with van der Waals surface area (Å²) in [6, 6.07) is 0.513. The van der Waals surface area contributed by atoms with Crippen molar-refractivity contribution in [3.8, 4) is 0 Å². The van der Waals surface area contributed by atoms with Gasteiger partial charge in [0.1, 0.15) is 5.76 Å². The smallest absolute Gasteiger partial charge is 0.196 e. The summed E-state index contributed by atoms with van der Waals surface area (Å²) < 4.78 is 11.8. The third-order valence-electron chi connectivity index (χ3n) is 7.40. The number of piperidine rings is 1. The highest BCUT2D eigenvalue weighted by Crippen LogP contribution is 2.66. The number of ketones is 1. The van der Waals surface area contributed by atoms with Crippen LogP contribution in [0.2, 0.25) is 0 Å². The maximum atomic E-state index is 12.6. The molecule has 160 valence electrons. The van der Waals surface area contributed by atoms with E-state index in [9.17, 15) is 4.79 Å². The van der Waals surface area contributed by atoms with Crippen molar-refractivity contribution in [1.82, 2.24) is 4.90 Å². The van der Waals surface area contributed by atoms with Gasteiger partial charge in [-0.3, -0.25) is 4.79 Å². The average Bonchev–Trinajstić information content (AvgIpc) is 3.01. The van der Waals surface area contributed by atoms with Gasteiger partial charge in [0.15, 0.2) is 17.6 Å². The summed E-state index contributed by atoms with van der Waals surface area (Å²) in [5, 5.41) is 17.1. The lowest BCUT2D eigenvalue weighted by Gasteiger charge is -2.59. The molecule has 8 atom stereocenters. The molecule has 5 aliphatic rings. The topological polar surface area (TPSA) is 79.2 Å². The van der Waals surface area contributed by atoms with E-state index in [0.29, 0.717) is 30.2 Å². The van der Waals surface area contributed by atoms with Gasteiger partial charge in [-0.2, -0.15) is 0 Å². The standard InChI is InChI=1S/C18H21NO3.C5H12O2/c1-19-8-7-18-11-4-5-13(20)17(18)22-16-14(21-2)6-3-10(15(16)18)9-12(11)19;1-4(6)3-5(2)7/h3-6,10-12,15,17H,7-9H2,1-2H3;4-7H,3H2,1-2H3/t10?,11-,12+,15?,17-,18-;4-,5+/m0./s1. The van der Waals surface area contributed by atoms with E-state index in [1.54, 1.807) is 27.0 Å². The summed E-state index contributed by atoms with van der Waals surface area (Å²) in [5.41, 5.74) is -0.0597. The van der Waals surface area contributed by atoms with Gasteiger partial charge in [-0.25, -0.2) is 0 Å². The Morgan fingerprint density at radius 3 is 2.62 bits per heavy atom. The quantitative estimate of drug-likeness (QED) is 0.751. The van der Waals surface area contributed by atoms with Gasteiger partial charge in [0.05, 0.1) is 19.3 Å². The van der Waals surface area contributed by atoms with Gasteiger partial charge in [0, 0.05) is 23.3 Å². The fourth-order valence-corrected chi connectivity index (χ4v) is 6.33. The van der Waals surface area contributed by atoms with Gasteiger partial charge in [0.2, 0.25) is 0 Å². The van der Waals surface area contributed by atoms with E-state index in [-0.39, 0.29) is 29.5 Å². The van der Waals surface area contributed by atoms with Gasteiger partial charge in [-0.15, -0.1) is 0 Å². The Labute approximate surface area is 172 Å². The zero-order valence-electron chi connectivity index (χ0n) is 17.7. The second kappa shape index (κ2) is 7.56. The highest BCUT2D eigenvalue weighted by Gasteiger charge is 2.69. The van der Waals surface area contributed by atoms with Gasteiger partial charge >= 0.3 is 0 Å². The molecule has 0 aromatic carbocycles. The average molecular weight is 404 g/mol. The number of rotatable bonds is 3. The minimum Gasteiger partial charge on any atom is -0.493 e. The molecule has 2 bridgehead atoms. The highest BCUT2D eigenvalue weighted by molar-refractivity contribution is 5.96. The molecule has 0 amide bonds. The van der Waals surface area contributed by atoms with E-state index in [0.717, 1.165) is 30.9 Å². The first-order chi connectivity index (χ1) is 13.8. The Kier molecular flexibility index (Phi) is 5.38. The second-order valence-electron chi connectivity index (χ2n) is 9.30. The summed E-state index contributed by atoms with van der Waals surface area (Å²) in [4.78, 5) is 15.0. The van der Waals surface area contributed by atoms with E-state index < -0.39 is 0 Å². The van der Waals surface area contributed by atoms with Crippen LogP contribution in [-0.2, 0) is 14.3 Å². The molecule has 2 aliphatic heterocycles. The number of methoxy groups -OCH3 is 1. The molecular weight excluding hydrogens is 370 g/mol. The van der Waals surface area contributed by atoms with Gasteiger partial charge in [0.25, 0.3) is 0 Å². The van der Waals surface area contributed by atoms with Crippen LogP contribution in [0.5, 0.6) is 0 Å². The molecule has 0 aromatic heterocycles. The Morgan fingerprint density at radius 2 is 2.00 bits per heavy atom. The van der Waals surface area contributed by atoms with E-state index in [1.807, 2.05) is 6.08 Å². The second-order valence-corrected chi connectivity index (χ2v) is 9.30. The molecule has 0 aromatic rings. The van der Waals surface area contributed by atoms with Crippen molar-refractivity contribution in [2.75, 3.05) is 20.7 Å². The van der Waals surface area contributed by atoms with E-state index >= 15 is 0 Å². The Bertz CT molecular complexity index is 748. The van der Waals surface area contributed by atoms with Crippen LogP contribution < -0.4 is 0 Å². The highest BCUT2D eigenvalue weighted by atomic mass is 16.5. The number of aliphatic hydroxyl groups is 2. The predicted molar refractivity (Wildman–Crippen MR) is 109 cm³/mol. The number of nitrogens with zero attached hydrogens (tertiary/aromatic N) is 1. The number of aliphatic hydroxyl groups excluding tert-OH is 2. The van der Waals surface area contributed by atoms with Crippen LogP contribution in [0.25, 0.3) is 0 Å². The van der Waals surface area contributed by atoms with Crippen LogP contribution in [0.4, 0.5) is 0 Å². The number of hydrogen-bond donors (Lipinski definition) is 2. The molecule has 1 saturated carbocycles. The minimum atomic E-state index is -0.375. The molecule has 6 nitrogen and oxygen atoms in total. The van der Waals surface area contributed by atoms with Crippen molar-refractivity contribution in [2.45, 2.75) is 57.5 Å². The number of carbonyl (C=O) groups is 1. The molecule has 3 fully saturated rings. The molecule has 6 heteroatoms. The van der Waals surface area contributed by atoms with Crippen molar-refractivity contribution in [1.29, 1.82) is 0 Å². The SMILES string of the molecule is COC1=C2O[C@H]3C(=O)C=C[C@H]4[C@H]5CC(C=C1)C2[C@@]34CCN5C.C[C@H](O)C[C@@H](C)O. The summed E-state index contributed by atoms with van der Waals surface area (Å²) in [5.74, 6) is 3.07. The molecule has 5 rings (SSSR count). The number of likely N-dealkylation sites (tertiary alicyclic amines) is 1. The molecule has 2 saturated heterocycles. The summed E-state index contributed by atoms with van der Waals surface area (Å²) in [6.45, 7) is 4.37. The van der Waals surface area contributed by atoms with E-state index in [1.165, 1.54) is 0 Å². The van der Waals surface area contributed by atoms with Crippen LogP contribution in [0.15, 0.2) is 35.8 Å². The Morgan fingerprint density at radius 1 is 1.28 bits per heavy atom. The molecule has 0 radical (unpaired) electrons. The first-order valence-electron chi connectivity index (χ1n) is 10.7. The largest absolute Gasteiger partial charge is 0.493 e. The Balaban J connectivity index is 0.000000255. The minimum absolute atomic E-state index is 0.0597. The molecule has 3 aliphatic carbocycles. The third-order valence-corrected chi connectivity index (χ3v) is 7.40. The first-order valence-corrected chi connectivity index (χ1v) is 10.7. The number of hydrogen-bond acceptors (Lipinski definition) is 6. The maximum Gasteiger partial charge on any atom is 0.196 e. The van der Waals surface area contributed by atoms with Gasteiger partial charge in [-0.05, 0) is 64.8 Å². The molecule has 2 N–H and O–H groups in total. The number of ether oxygens (including phenoxy) is 2. The fraction of sp³-hybridized carbons (Fsp3) is 0.696. The first kappa shape index (κ1) is 20.6. The molecule has 2 heterocycles. The molecule has 2 unspecified atom stereocenters. The zero-order valence-corrected chi connectivity index (χ0v) is 17.7.